The van der Waals surface area contributed by atoms with Crippen molar-refractivity contribution in [1.29, 1.82) is 0 Å². The maximum atomic E-state index is 10.8. The summed E-state index contributed by atoms with van der Waals surface area (Å²) in [6.07, 6.45) is 2.04. The number of carboxylic acids is 1. The van der Waals surface area contributed by atoms with Gasteiger partial charge >= 0.3 is 5.97 Å². The Balaban J connectivity index is 2.01. The molecule has 6 nitrogen and oxygen atoms in total. The summed E-state index contributed by atoms with van der Waals surface area (Å²) in [5.41, 5.74) is 7.28. The number of hydrogen-bond acceptors (Lipinski definition) is 4. The van der Waals surface area contributed by atoms with Crippen LogP contribution in [0.1, 0.15) is 5.56 Å². The van der Waals surface area contributed by atoms with E-state index in [1.807, 2.05) is 12.1 Å². The highest BCUT2D eigenvalue weighted by Crippen LogP contribution is 2.37. The van der Waals surface area contributed by atoms with Gasteiger partial charge < -0.3 is 25.3 Å². The van der Waals surface area contributed by atoms with Crippen LogP contribution < -0.4 is 15.2 Å². The molecule has 0 aliphatic carbocycles. The van der Waals surface area contributed by atoms with Crippen LogP contribution in [0.25, 0.3) is 10.9 Å². The zero-order valence-corrected chi connectivity index (χ0v) is 9.47. The van der Waals surface area contributed by atoms with Crippen LogP contribution in [0.3, 0.4) is 0 Å². The third-order valence-corrected chi connectivity index (χ3v) is 3.02. The summed E-state index contributed by atoms with van der Waals surface area (Å²) < 4.78 is 10.6. The Kier molecular flexibility index (Phi) is 2.38. The van der Waals surface area contributed by atoms with Gasteiger partial charge in [0.1, 0.15) is 6.04 Å². The van der Waals surface area contributed by atoms with Gasteiger partial charge in [0, 0.05) is 29.6 Å². The van der Waals surface area contributed by atoms with E-state index in [0.717, 1.165) is 16.5 Å². The molecule has 0 bridgehead atoms. The molecule has 6 heteroatoms. The second kappa shape index (κ2) is 3.92. The van der Waals surface area contributed by atoms with Crippen molar-refractivity contribution in [2.45, 2.75) is 12.5 Å². The van der Waals surface area contributed by atoms with E-state index in [1.165, 1.54) is 0 Å². The molecule has 2 heterocycles. The number of nitrogens with two attached hydrogens (primary N) is 1. The highest BCUT2D eigenvalue weighted by atomic mass is 16.7. The van der Waals surface area contributed by atoms with E-state index in [1.54, 1.807) is 6.20 Å². The zero-order valence-electron chi connectivity index (χ0n) is 9.47. The molecular formula is C12H12N2O4. The molecule has 0 amide bonds. The van der Waals surface area contributed by atoms with Crippen LogP contribution in [0.2, 0.25) is 0 Å². The molecular weight excluding hydrogens is 236 g/mol. The Morgan fingerprint density at radius 3 is 2.89 bits per heavy atom. The van der Waals surface area contributed by atoms with Crippen molar-refractivity contribution in [3.05, 3.63) is 23.9 Å². The highest BCUT2D eigenvalue weighted by Gasteiger charge is 2.19. The minimum absolute atomic E-state index is 0.214. The fourth-order valence-corrected chi connectivity index (χ4v) is 2.06. The highest BCUT2D eigenvalue weighted by molar-refractivity contribution is 5.87. The van der Waals surface area contributed by atoms with Gasteiger partial charge in [-0.15, -0.1) is 0 Å². The summed E-state index contributed by atoms with van der Waals surface area (Å²) in [5.74, 6) is 0.357. The number of nitrogens with one attached hydrogen (secondary N) is 1. The standard InChI is InChI=1S/C12H12N2O4/c13-8(12(15)16)1-6-4-14-9-3-11-10(2-7(6)9)17-5-18-11/h2-4,8,14H,1,5,13H2,(H,15,16)/t8-/m0/s1. The molecule has 1 aromatic carbocycles. The number of benzene rings is 1. The van der Waals surface area contributed by atoms with Crippen molar-refractivity contribution in [3.63, 3.8) is 0 Å². The third kappa shape index (κ3) is 1.67. The Hall–Kier alpha value is -2.21. The van der Waals surface area contributed by atoms with Gasteiger partial charge in [0.2, 0.25) is 6.79 Å². The van der Waals surface area contributed by atoms with Crippen LogP contribution in [0.4, 0.5) is 0 Å². The van der Waals surface area contributed by atoms with Gasteiger partial charge in [0.05, 0.1) is 0 Å². The van der Waals surface area contributed by atoms with Gasteiger partial charge in [-0.25, -0.2) is 0 Å². The average Bonchev–Trinajstić information content (AvgIpc) is 2.93. The van der Waals surface area contributed by atoms with Crippen molar-refractivity contribution >= 4 is 16.9 Å². The largest absolute Gasteiger partial charge is 0.480 e. The van der Waals surface area contributed by atoms with Gasteiger partial charge in [-0.3, -0.25) is 4.79 Å². The first-order valence-corrected chi connectivity index (χ1v) is 5.53. The number of fused-ring (bicyclic) bond motifs is 2. The fraction of sp³-hybridized carbons (Fsp3) is 0.250. The number of H-pyrrole nitrogens is 1. The van der Waals surface area contributed by atoms with Crippen molar-refractivity contribution in [2.75, 3.05) is 6.79 Å². The number of ether oxygens (including phenoxy) is 2. The quantitative estimate of drug-likeness (QED) is 0.748. The summed E-state index contributed by atoms with van der Waals surface area (Å²) in [4.78, 5) is 13.8. The lowest BCUT2D eigenvalue weighted by atomic mass is 10.1. The minimum atomic E-state index is -1.01. The number of carbonyl (C=O) groups is 1. The van der Waals surface area contributed by atoms with Crippen LogP contribution >= 0.6 is 0 Å². The van der Waals surface area contributed by atoms with Gasteiger partial charge in [0.25, 0.3) is 0 Å². The summed E-state index contributed by atoms with van der Waals surface area (Å²) in [6.45, 7) is 0.214. The zero-order chi connectivity index (χ0) is 12.7. The average molecular weight is 248 g/mol. The first-order chi connectivity index (χ1) is 8.65. The lowest BCUT2D eigenvalue weighted by Gasteiger charge is -2.05. The van der Waals surface area contributed by atoms with Crippen LogP contribution in [-0.4, -0.2) is 28.9 Å². The van der Waals surface area contributed by atoms with Gasteiger partial charge in [-0.2, -0.15) is 0 Å². The van der Waals surface area contributed by atoms with Crippen LogP contribution in [-0.2, 0) is 11.2 Å². The van der Waals surface area contributed by atoms with Crippen molar-refractivity contribution in [2.24, 2.45) is 5.73 Å². The number of aliphatic carboxylic acids is 1. The van der Waals surface area contributed by atoms with E-state index in [9.17, 15) is 4.79 Å². The van der Waals surface area contributed by atoms with Crippen molar-refractivity contribution < 1.29 is 19.4 Å². The maximum Gasteiger partial charge on any atom is 0.320 e. The predicted molar refractivity (Wildman–Crippen MR) is 63.7 cm³/mol. The molecule has 94 valence electrons. The number of rotatable bonds is 3. The second-order valence-corrected chi connectivity index (χ2v) is 4.21. The Bertz CT molecular complexity index is 620. The Morgan fingerprint density at radius 2 is 2.17 bits per heavy atom. The molecule has 1 atom stereocenters. The van der Waals surface area contributed by atoms with Gasteiger partial charge in [-0.1, -0.05) is 0 Å². The van der Waals surface area contributed by atoms with E-state index in [2.05, 4.69) is 4.98 Å². The normalized spacial score (nSPS) is 14.9. The molecule has 0 fully saturated rings. The second-order valence-electron chi connectivity index (χ2n) is 4.21. The SMILES string of the molecule is N[C@@H](Cc1c[nH]c2cc3c(cc12)OCO3)C(=O)O. The lowest BCUT2D eigenvalue weighted by Crippen LogP contribution is -2.32. The molecule has 0 radical (unpaired) electrons. The molecule has 0 saturated carbocycles. The topological polar surface area (TPSA) is 97.6 Å². The third-order valence-electron chi connectivity index (χ3n) is 3.02. The van der Waals surface area contributed by atoms with E-state index in [0.29, 0.717) is 11.5 Å². The molecule has 1 aliphatic rings. The summed E-state index contributed by atoms with van der Waals surface area (Å²) >= 11 is 0. The molecule has 0 spiro atoms. The van der Waals surface area contributed by atoms with Crippen molar-refractivity contribution in [1.82, 2.24) is 4.98 Å². The Morgan fingerprint density at radius 1 is 1.44 bits per heavy atom. The fourth-order valence-electron chi connectivity index (χ4n) is 2.06. The number of hydrogen-bond donors (Lipinski definition) is 3. The molecule has 3 rings (SSSR count). The van der Waals surface area contributed by atoms with Crippen LogP contribution in [0.5, 0.6) is 11.5 Å². The monoisotopic (exact) mass is 248 g/mol. The molecule has 0 saturated heterocycles. The van der Waals surface area contributed by atoms with E-state index >= 15 is 0 Å². The molecule has 18 heavy (non-hydrogen) atoms. The van der Waals surface area contributed by atoms with E-state index < -0.39 is 12.0 Å². The summed E-state index contributed by atoms with van der Waals surface area (Å²) in [7, 11) is 0. The number of aromatic amines is 1. The molecule has 4 N–H and O–H groups in total. The smallest absolute Gasteiger partial charge is 0.320 e. The van der Waals surface area contributed by atoms with Crippen molar-refractivity contribution in [3.8, 4) is 11.5 Å². The first-order valence-electron chi connectivity index (χ1n) is 5.53. The van der Waals surface area contributed by atoms with Gasteiger partial charge in [-0.05, 0) is 11.6 Å². The lowest BCUT2D eigenvalue weighted by molar-refractivity contribution is -0.138. The maximum absolute atomic E-state index is 10.8. The predicted octanol–water partition coefficient (Wildman–Crippen LogP) is 0.851. The minimum Gasteiger partial charge on any atom is -0.480 e. The van der Waals surface area contributed by atoms with E-state index in [4.69, 9.17) is 20.3 Å². The molecule has 1 aliphatic heterocycles. The van der Waals surface area contributed by atoms with Gasteiger partial charge in [0.15, 0.2) is 11.5 Å². The Labute approximate surface area is 102 Å². The van der Waals surface area contributed by atoms with Crippen LogP contribution in [0.15, 0.2) is 18.3 Å². The molecule has 2 aromatic rings. The number of aromatic nitrogens is 1. The summed E-state index contributed by atoms with van der Waals surface area (Å²) in [5, 5.41) is 9.74. The van der Waals surface area contributed by atoms with E-state index in [-0.39, 0.29) is 13.2 Å². The van der Waals surface area contributed by atoms with Crippen LogP contribution in [0, 0.1) is 0 Å². The number of carboxylic acid groups (broad SMARTS) is 1. The first kappa shape index (κ1) is 10.9. The molecule has 0 unspecified atom stereocenters. The molecule has 1 aromatic heterocycles. The summed E-state index contributed by atoms with van der Waals surface area (Å²) in [6, 6.07) is 2.78.